The van der Waals surface area contributed by atoms with Crippen molar-refractivity contribution in [3.63, 3.8) is 0 Å². The molecule has 2 N–H and O–H groups in total. The van der Waals surface area contributed by atoms with Gasteiger partial charge in [-0.2, -0.15) is 0 Å². The van der Waals surface area contributed by atoms with Crippen molar-refractivity contribution in [1.82, 2.24) is 10.3 Å². The molecule has 1 saturated carbocycles. The lowest BCUT2D eigenvalue weighted by Gasteiger charge is -2.36. The number of nitrogens with one attached hydrogen (secondary N) is 1. The third-order valence-corrected chi connectivity index (χ3v) is 4.33. The van der Waals surface area contributed by atoms with Gasteiger partial charge in [0.25, 0.3) is 0 Å². The lowest BCUT2D eigenvalue weighted by Crippen LogP contribution is -2.49. The fraction of sp³-hybridized carbons (Fsp3) is 0.750. The summed E-state index contributed by atoms with van der Waals surface area (Å²) in [7, 11) is 0. The van der Waals surface area contributed by atoms with Crippen LogP contribution in [0.15, 0.2) is 6.20 Å². The molecule has 1 aromatic rings. The Hall–Kier alpha value is -0.450. The average Bonchev–Trinajstić information content (AvgIpc) is 2.74. The van der Waals surface area contributed by atoms with E-state index in [4.69, 9.17) is 0 Å². The van der Waals surface area contributed by atoms with Crippen LogP contribution >= 0.6 is 11.3 Å². The number of aliphatic hydroxyl groups is 1. The normalized spacial score (nSPS) is 19.9. The summed E-state index contributed by atoms with van der Waals surface area (Å²) in [6.45, 7) is 3.12. The molecule has 0 bridgehead atoms. The average molecular weight is 240 g/mol. The van der Waals surface area contributed by atoms with E-state index in [1.54, 1.807) is 11.3 Å². The number of thiazole rings is 1. The van der Waals surface area contributed by atoms with Crippen LogP contribution in [0.25, 0.3) is 0 Å². The van der Waals surface area contributed by atoms with Crippen LogP contribution in [0.1, 0.15) is 42.0 Å². The summed E-state index contributed by atoms with van der Waals surface area (Å²) in [5, 5.41) is 14.2. The maximum absolute atomic E-state index is 9.55. The minimum absolute atomic E-state index is 0.0316. The molecule has 2 rings (SSSR count). The molecule has 1 aliphatic carbocycles. The zero-order valence-electron chi connectivity index (χ0n) is 9.83. The summed E-state index contributed by atoms with van der Waals surface area (Å²) >= 11 is 1.73. The second kappa shape index (κ2) is 5.25. The van der Waals surface area contributed by atoms with Gasteiger partial charge in [-0.15, -0.1) is 11.3 Å². The first-order valence-electron chi connectivity index (χ1n) is 6.01. The van der Waals surface area contributed by atoms with E-state index in [1.165, 1.54) is 24.1 Å². The van der Waals surface area contributed by atoms with Crippen LogP contribution in [0.4, 0.5) is 0 Å². The Morgan fingerprint density at radius 1 is 1.44 bits per heavy atom. The largest absolute Gasteiger partial charge is 0.394 e. The van der Waals surface area contributed by atoms with Crippen LogP contribution < -0.4 is 5.32 Å². The van der Waals surface area contributed by atoms with Gasteiger partial charge < -0.3 is 10.4 Å². The number of hydrogen-bond donors (Lipinski definition) is 2. The Kier molecular flexibility index (Phi) is 3.95. The van der Waals surface area contributed by atoms with Crippen LogP contribution in [-0.2, 0) is 6.54 Å². The van der Waals surface area contributed by atoms with Gasteiger partial charge in [-0.3, -0.25) is 0 Å². The molecule has 90 valence electrons. The van der Waals surface area contributed by atoms with Gasteiger partial charge in [0.2, 0.25) is 0 Å². The van der Waals surface area contributed by atoms with Crippen LogP contribution in [0, 0.1) is 6.92 Å². The summed E-state index contributed by atoms with van der Waals surface area (Å²) < 4.78 is 0. The molecule has 0 saturated heterocycles. The van der Waals surface area contributed by atoms with Gasteiger partial charge in [-0.05, 0) is 19.8 Å². The molecule has 1 fully saturated rings. The highest BCUT2D eigenvalue weighted by molar-refractivity contribution is 7.11. The molecule has 0 radical (unpaired) electrons. The second-order valence-electron chi connectivity index (χ2n) is 4.70. The number of aryl methyl sites for hydroxylation is 1. The Labute approximate surface area is 101 Å². The molecule has 0 aromatic carbocycles. The molecule has 4 heteroatoms. The van der Waals surface area contributed by atoms with Crippen molar-refractivity contribution in [3.05, 3.63) is 16.1 Å². The molecule has 3 nitrogen and oxygen atoms in total. The van der Waals surface area contributed by atoms with Crippen molar-refractivity contribution in [2.24, 2.45) is 0 Å². The van der Waals surface area contributed by atoms with Crippen LogP contribution in [-0.4, -0.2) is 22.2 Å². The smallest absolute Gasteiger partial charge is 0.0897 e. The van der Waals surface area contributed by atoms with E-state index in [-0.39, 0.29) is 12.1 Å². The minimum Gasteiger partial charge on any atom is -0.394 e. The summed E-state index contributed by atoms with van der Waals surface area (Å²) in [6, 6.07) is 0. The monoisotopic (exact) mass is 240 g/mol. The van der Waals surface area contributed by atoms with Gasteiger partial charge in [0.15, 0.2) is 0 Å². The van der Waals surface area contributed by atoms with Crippen molar-refractivity contribution in [2.45, 2.75) is 51.1 Å². The van der Waals surface area contributed by atoms with Gasteiger partial charge in [0, 0.05) is 23.2 Å². The van der Waals surface area contributed by atoms with E-state index in [0.29, 0.717) is 0 Å². The van der Waals surface area contributed by atoms with E-state index < -0.39 is 0 Å². The fourth-order valence-electron chi connectivity index (χ4n) is 2.38. The highest BCUT2D eigenvalue weighted by atomic mass is 32.1. The van der Waals surface area contributed by atoms with Crippen molar-refractivity contribution < 1.29 is 5.11 Å². The third-order valence-electron chi connectivity index (χ3n) is 3.42. The van der Waals surface area contributed by atoms with Crippen molar-refractivity contribution >= 4 is 11.3 Å². The first-order valence-corrected chi connectivity index (χ1v) is 6.83. The number of aromatic nitrogens is 1. The molecule has 0 atom stereocenters. The van der Waals surface area contributed by atoms with Gasteiger partial charge in [-0.1, -0.05) is 19.3 Å². The number of hydrogen-bond acceptors (Lipinski definition) is 4. The van der Waals surface area contributed by atoms with Crippen molar-refractivity contribution in [1.29, 1.82) is 0 Å². The maximum atomic E-state index is 9.55. The summed E-state index contributed by atoms with van der Waals surface area (Å²) in [5.41, 5.74) is -0.0316. The molecule has 0 unspecified atom stereocenters. The molecule has 0 amide bonds. The fourth-order valence-corrected chi connectivity index (χ4v) is 3.12. The van der Waals surface area contributed by atoms with Gasteiger partial charge in [0.1, 0.15) is 0 Å². The van der Waals surface area contributed by atoms with E-state index in [0.717, 1.165) is 24.4 Å². The second-order valence-corrected chi connectivity index (χ2v) is 6.02. The molecular weight excluding hydrogens is 220 g/mol. The van der Waals surface area contributed by atoms with Gasteiger partial charge in [-0.25, -0.2) is 4.98 Å². The minimum atomic E-state index is -0.0316. The van der Waals surface area contributed by atoms with E-state index in [2.05, 4.69) is 10.3 Å². The highest BCUT2D eigenvalue weighted by Crippen LogP contribution is 2.28. The standard InChI is InChI=1S/C12H20N2OS/c1-10-13-7-11(16-10)8-14-12(9-15)5-3-2-4-6-12/h7,14-15H,2-6,8-9H2,1H3. The lowest BCUT2D eigenvalue weighted by molar-refractivity contribution is 0.120. The maximum Gasteiger partial charge on any atom is 0.0897 e. The van der Waals surface area contributed by atoms with Gasteiger partial charge >= 0.3 is 0 Å². The zero-order valence-corrected chi connectivity index (χ0v) is 10.6. The first-order chi connectivity index (χ1) is 7.74. The Bertz CT molecular complexity index is 332. The predicted octanol–water partition coefficient (Wildman–Crippen LogP) is 2.24. The zero-order chi connectivity index (χ0) is 11.4. The molecule has 1 aliphatic rings. The molecule has 16 heavy (non-hydrogen) atoms. The quantitative estimate of drug-likeness (QED) is 0.848. The summed E-state index contributed by atoms with van der Waals surface area (Å²) in [6.07, 6.45) is 7.90. The number of nitrogens with zero attached hydrogens (tertiary/aromatic N) is 1. The van der Waals surface area contributed by atoms with Crippen molar-refractivity contribution in [3.8, 4) is 0 Å². The van der Waals surface area contributed by atoms with Crippen LogP contribution in [0.3, 0.4) is 0 Å². The third kappa shape index (κ3) is 2.81. The molecule has 0 aliphatic heterocycles. The number of aliphatic hydroxyl groups excluding tert-OH is 1. The topological polar surface area (TPSA) is 45.2 Å². The Morgan fingerprint density at radius 3 is 2.75 bits per heavy atom. The van der Waals surface area contributed by atoms with Crippen LogP contribution in [0.2, 0.25) is 0 Å². The van der Waals surface area contributed by atoms with E-state index in [1.807, 2.05) is 13.1 Å². The van der Waals surface area contributed by atoms with Gasteiger partial charge in [0.05, 0.1) is 11.6 Å². The molecule has 0 spiro atoms. The molecule has 1 heterocycles. The number of rotatable bonds is 4. The van der Waals surface area contributed by atoms with E-state index in [9.17, 15) is 5.11 Å². The van der Waals surface area contributed by atoms with Crippen LogP contribution in [0.5, 0.6) is 0 Å². The molecular formula is C12H20N2OS. The van der Waals surface area contributed by atoms with E-state index >= 15 is 0 Å². The predicted molar refractivity (Wildman–Crippen MR) is 66.6 cm³/mol. The highest BCUT2D eigenvalue weighted by Gasteiger charge is 2.30. The summed E-state index contributed by atoms with van der Waals surface area (Å²) in [4.78, 5) is 5.51. The molecule has 1 aromatic heterocycles. The first kappa shape index (κ1) is 12.0. The Balaban J connectivity index is 1.91. The Morgan fingerprint density at radius 2 is 2.19 bits per heavy atom. The lowest BCUT2D eigenvalue weighted by atomic mass is 9.82. The SMILES string of the molecule is Cc1ncc(CNC2(CO)CCCCC2)s1. The summed E-state index contributed by atoms with van der Waals surface area (Å²) in [5.74, 6) is 0. The van der Waals surface area contributed by atoms with Crippen molar-refractivity contribution in [2.75, 3.05) is 6.61 Å².